The van der Waals surface area contributed by atoms with Crippen LogP contribution in [0.3, 0.4) is 0 Å². The van der Waals surface area contributed by atoms with Crippen molar-refractivity contribution in [2.24, 2.45) is 0 Å². The summed E-state index contributed by atoms with van der Waals surface area (Å²) in [5.74, 6) is 0.285. The number of benzene rings is 3. The molecule has 1 atom stereocenters. The molecule has 0 fully saturated rings. The highest BCUT2D eigenvalue weighted by Crippen LogP contribution is 2.27. The van der Waals surface area contributed by atoms with E-state index in [4.69, 9.17) is 9.47 Å². The van der Waals surface area contributed by atoms with Crippen LogP contribution in [0.15, 0.2) is 71.6 Å². The van der Waals surface area contributed by atoms with Crippen LogP contribution in [-0.4, -0.2) is 34.6 Å². The highest BCUT2D eigenvalue weighted by molar-refractivity contribution is 7.92. The molecular formula is C27H31FN2O5S. The van der Waals surface area contributed by atoms with Crippen LogP contribution in [-0.2, 0) is 14.8 Å². The molecule has 0 aromatic heterocycles. The van der Waals surface area contributed by atoms with E-state index in [1.54, 1.807) is 31.4 Å². The number of hydrogen-bond acceptors (Lipinski definition) is 5. The Morgan fingerprint density at radius 1 is 1.03 bits per heavy atom. The van der Waals surface area contributed by atoms with Crippen molar-refractivity contribution >= 4 is 21.6 Å². The molecule has 7 nitrogen and oxygen atoms in total. The van der Waals surface area contributed by atoms with Crippen molar-refractivity contribution in [2.45, 2.75) is 38.1 Å². The fourth-order valence-corrected chi connectivity index (χ4v) is 5.25. The number of aryl methyl sites for hydroxylation is 1. The van der Waals surface area contributed by atoms with Crippen LogP contribution in [0, 0.1) is 12.7 Å². The van der Waals surface area contributed by atoms with Gasteiger partial charge in [-0.15, -0.1) is 0 Å². The van der Waals surface area contributed by atoms with Crippen molar-refractivity contribution < 1.29 is 27.1 Å². The maximum atomic E-state index is 13.5. The zero-order valence-corrected chi connectivity index (χ0v) is 21.6. The minimum absolute atomic E-state index is 0.122. The SMILES string of the molecule is CCOc1ccc(N(CC(=O)N[C@@H](CC)c2ccc(OC)c(C)c2)S(=O)(=O)c2ccc(F)cc2)cc1. The topological polar surface area (TPSA) is 84.9 Å². The Hall–Kier alpha value is -3.59. The third-order valence-corrected chi connectivity index (χ3v) is 7.48. The molecule has 0 aliphatic heterocycles. The Balaban J connectivity index is 1.90. The third kappa shape index (κ3) is 6.34. The molecule has 192 valence electrons. The highest BCUT2D eigenvalue weighted by atomic mass is 32.2. The van der Waals surface area contributed by atoms with Gasteiger partial charge in [-0.05, 0) is 86.0 Å². The first kappa shape index (κ1) is 27.0. The number of methoxy groups -OCH3 is 1. The first-order chi connectivity index (χ1) is 17.2. The number of amides is 1. The number of rotatable bonds is 11. The van der Waals surface area contributed by atoms with E-state index in [9.17, 15) is 17.6 Å². The summed E-state index contributed by atoms with van der Waals surface area (Å²) in [5, 5.41) is 2.94. The second-order valence-corrected chi connectivity index (χ2v) is 10.0. The molecule has 0 radical (unpaired) electrons. The van der Waals surface area contributed by atoms with Crippen molar-refractivity contribution in [1.29, 1.82) is 0 Å². The van der Waals surface area contributed by atoms with Gasteiger partial charge in [0.2, 0.25) is 5.91 Å². The van der Waals surface area contributed by atoms with Crippen molar-refractivity contribution in [2.75, 3.05) is 24.6 Å². The number of sulfonamides is 1. The number of ether oxygens (including phenoxy) is 2. The molecule has 0 aliphatic carbocycles. The van der Waals surface area contributed by atoms with Crippen LogP contribution in [0.25, 0.3) is 0 Å². The summed E-state index contributed by atoms with van der Waals surface area (Å²) in [6.45, 7) is 5.70. The Bertz CT molecular complexity index is 1280. The number of nitrogens with zero attached hydrogens (tertiary/aromatic N) is 1. The summed E-state index contributed by atoms with van der Waals surface area (Å²) in [7, 11) is -2.57. The predicted octanol–water partition coefficient (Wildman–Crippen LogP) is 5.00. The van der Waals surface area contributed by atoms with Crippen LogP contribution >= 0.6 is 0 Å². The van der Waals surface area contributed by atoms with E-state index in [2.05, 4.69) is 5.32 Å². The van der Waals surface area contributed by atoms with E-state index >= 15 is 0 Å². The molecule has 0 saturated carbocycles. The average molecular weight is 515 g/mol. The maximum Gasteiger partial charge on any atom is 0.264 e. The fourth-order valence-electron chi connectivity index (χ4n) is 3.83. The van der Waals surface area contributed by atoms with Crippen LogP contribution in [0.4, 0.5) is 10.1 Å². The van der Waals surface area contributed by atoms with E-state index in [0.29, 0.717) is 18.8 Å². The van der Waals surface area contributed by atoms with Crippen molar-refractivity contribution in [3.63, 3.8) is 0 Å². The molecule has 0 aliphatic rings. The van der Waals surface area contributed by atoms with Crippen LogP contribution in [0.1, 0.15) is 37.4 Å². The number of nitrogens with one attached hydrogen (secondary N) is 1. The van der Waals surface area contributed by atoms with Crippen LogP contribution < -0.4 is 19.1 Å². The van der Waals surface area contributed by atoms with Crippen molar-refractivity contribution in [1.82, 2.24) is 5.32 Å². The molecule has 0 saturated heterocycles. The summed E-state index contributed by atoms with van der Waals surface area (Å²) < 4.78 is 52.2. The molecule has 0 spiro atoms. The van der Waals surface area contributed by atoms with Crippen molar-refractivity contribution in [3.05, 3.63) is 83.7 Å². The lowest BCUT2D eigenvalue weighted by atomic mass is 10.0. The zero-order chi connectivity index (χ0) is 26.3. The molecular weight excluding hydrogens is 483 g/mol. The lowest BCUT2D eigenvalue weighted by Gasteiger charge is -2.26. The Kier molecular flexibility index (Phi) is 8.93. The van der Waals surface area contributed by atoms with Crippen LogP contribution in [0.2, 0.25) is 0 Å². The molecule has 1 N–H and O–H groups in total. The second kappa shape index (κ2) is 11.9. The van der Waals surface area contributed by atoms with Gasteiger partial charge >= 0.3 is 0 Å². The number of carbonyl (C=O) groups is 1. The molecule has 3 aromatic rings. The van der Waals surface area contributed by atoms with E-state index in [1.165, 1.54) is 12.1 Å². The second-order valence-electron chi connectivity index (χ2n) is 8.15. The summed E-state index contributed by atoms with van der Waals surface area (Å²) in [5.41, 5.74) is 2.10. The summed E-state index contributed by atoms with van der Waals surface area (Å²) in [6.07, 6.45) is 0.602. The normalized spacial score (nSPS) is 12.0. The summed E-state index contributed by atoms with van der Waals surface area (Å²) in [6, 6.07) is 16.3. The molecule has 0 bridgehead atoms. The monoisotopic (exact) mass is 514 g/mol. The van der Waals surface area contributed by atoms with Gasteiger partial charge in [-0.2, -0.15) is 0 Å². The smallest absolute Gasteiger partial charge is 0.264 e. The fraction of sp³-hybridized carbons (Fsp3) is 0.296. The highest BCUT2D eigenvalue weighted by Gasteiger charge is 2.28. The van der Waals surface area contributed by atoms with Gasteiger partial charge in [0.25, 0.3) is 10.0 Å². The molecule has 0 heterocycles. The average Bonchev–Trinajstić information content (AvgIpc) is 2.87. The first-order valence-electron chi connectivity index (χ1n) is 11.6. The van der Waals surface area contributed by atoms with Gasteiger partial charge in [-0.3, -0.25) is 9.10 Å². The minimum Gasteiger partial charge on any atom is -0.496 e. The maximum absolute atomic E-state index is 13.5. The standard InChI is InChI=1S/C27H31FN2O5S/c1-5-25(20-7-16-26(34-4)19(3)17-20)29-27(31)18-30(22-10-12-23(13-11-22)35-6-2)36(32,33)24-14-8-21(28)9-15-24/h7-17,25H,5-6,18H2,1-4H3,(H,29,31)/t25-/m0/s1. The lowest BCUT2D eigenvalue weighted by Crippen LogP contribution is -2.42. The quantitative estimate of drug-likeness (QED) is 0.389. The van der Waals surface area contributed by atoms with Crippen molar-refractivity contribution in [3.8, 4) is 11.5 Å². The molecule has 3 rings (SSSR count). The van der Waals surface area contributed by atoms with Gasteiger partial charge in [0.05, 0.1) is 30.3 Å². The summed E-state index contributed by atoms with van der Waals surface area (Å²) in [4.78, 5) is 13.0. The van der Waals surface area contributed by atoms with Gasteiger partial charge in [-0.25, -0.2) is 12.8 Å². The van der Waals surface area contributed by atoms with E-state index in [-0.39, 0.29) is 16.6 Å². The molecule has 9 heteroatoms. The largest absolute Gasteiger partial charge is 0.496 e. The van der Waals surface area contributed by atoms with E-state index < -0.39 is 28.3 Å². The molecule has 3 aromatic carbocycles. The minimum atomic E-state index is -4.17. The number of anilines is 1. The van der Waals surface area contributed by atoms with Crippen LogP contribution in [0.5, 0.6) is 11.5 Å². The van der Waals surface area contributed by atoms with E-state index in [0.717, 1.165) is 33.3 Å². The van der Waals surface area contributed by atoms with Gasteiger partial charge in [0.15, 0.2) is 0 Å². The number of hydrogen-bond donors (Lipinski definition) is 1. The molecule has 36 heavy (non-hydrogen) atoms. The van der Waals surface area contributed by atoms with Gasteiger partial charge in [0, 0.05) is 0 Å². The number of carbonyl (C=O) groups excluding carboxylic acids is 1. The Morgan fingerprint density at radius 3 is 2.25 bits per heavy atom. The summed E-state index contributed by atoms with van der Waals surface area (Å²) >= 11 is 0. The van der Waals surface area contributed by atoms with Gasteiger partial charge in [-0.1, -0.05) is 19.1 Å². The first-order valence-corrected chi connectivity index (χ1v) is 13.1. The molecule has 0 unspecified atom stereocenters. The third-order valence-electron chi connectivity index (χ3n) is 5.69. The molecule has 1 amide bonds. The van der Waals surface area contributed by atoms with E-state index in [1.807, 2.05) is 39.0 Å². The lowest BCUT2D eigenvalue weighted by molar-refractivity contribution is -0.120. The Labute approximate surface area is 211 Å². The Morgan fingerprint density at radius 2 is 1.69 bits per heavy atom. The van der Waals surface area contributed by atoms with Gasteiger partial charge < -0.3 is 14.8 Å². The predicted molar refractivity (Wildman–Crippen MR) is 137 cm³/mol. The number of halogens is 1. The zero-order valence-electron chi connectivity index (χ0n) is 20.8. The van der Waals surface area contributed by atoms with Gasteiger partial charge in [0.1, 0.15) is 23.9 Å².